The van der Waals surface area contributed by atoms with Crippen molar-refractivity contribution < 1.29 is 22.7 Å². The second kappa shape index (κ2) is 11.6. The Balaban J connectivity index is 1.21. The molecule has 0 saturated carbocycles. The van der Waals surface area contributed by atoms with Crippen LogP contribution in [0.2, 0.25) is 0 Å². The highest BCUT2D eigenvalue weighted by molar-refractivity contribution is 5.82. The second-order valence-corrected chi connectivity index (χ2v) is 9.33. The number of rotatable bonds is 8. The van der Waals surface area contributed by atoms with E-state index in [1.54, 1.807) is 43.5 Å². The molecule has 0 amide bonds. The molecule has 0 aliphatic carbocycles. The van der Waals surface area contributed by atoms with Crippen molar-refractivity contribution in [1.82, 2.24) is 4.90 Å². The van der Waals surface area contributed by atoms with Gasteiger partial charge in [0.2, 0.25) is 0 Å². The monoisotopic (exact) mass is 517 g/mol. The molecule has 5 rings (SSSR count). The number of nitrogens with zero attached hydrogens (tertiary/aromatic N) is 1. The highest BCUT2D eigenvalue weighted by Gasteiger charge is 2.19. The number of hydrogen-bond acceptors (Lipinski definition) is 5. The Bertz CT molecular complexity index is 1440. The third-order valence-electron chi connectivity index (χ3n) is 6.86. The van der Waals surface area contributed by atoms with Crippen LogP contribution in [0.1, 0.15) is 30.4 Å². The standard InChI is InChI=1S/C31H29F2NO4/c1-36-28-20-27-24(7-12-30(35)38-27)19-29(28)37-18-2-15-34-16-13-23(14-17-34)31(21-3-8-25(32)9-4-21)22-5-10-26(33)11-6-22/h3-12,19-20H,2,13-18H2,1H3. The molecule has 0 N–H and O–H groups in total. The van der Waals surface area contributed by atoms with Crippen molar-refractivity contribution in [3.8, 4) is 11.5 Å². The minimum absolute atomic E-state index is 0.276. The largest absolute Gasteiger partial charge is 0.493 e. The van der Waals surface area contributed by atoms with Gasteiger partial charge in [-0.25, -0.2) is 13.6 Å². The summed E-state index contributed by atoms with van der Waals surface area (Å²) >= 11 is 0. The molecule has 1 saturated heterocycles. The number of piperidine rings is 1. The average molecular weight is 518 g/mol. The molecule has 0 spiro atoms. The Hall–Kier alpha value is -3.97. The van der Waals surface area contributed by atoms with Gasteiger partial charge >= 0.3 is 5.63 Å². The Morgan fingerprint density at radius 1 is 0.868 bits per heavy atom. The molecule has 0 bridgehead atoms. The lowest BCUT2D eigenvalue weighted by Gasteiger charge is -2.30. The first-order valence-corrected chi connectivity index (χ1v) is 12.7. The lowest BCUT2D eigenvalue weighted by Crippen LogP contribution is -2.32. The van der Waals surface area contributed by atoms with Gasteiger partial charge in [-0.05, 0) is 72.4 Å². The molecule has 0 unspecified atom stereocenters. The summed E-state index contributed by atoms with van der Waals surface area (Å²) in [5, 5.41) is 0.772. The molecule has 3 aromatic carbocycles. The van der Waals surface area contributed by atoms with Crippen molar-refractivity contribution in [2.75, 3.05) is 33.4 Å². The molecule has 196 valence electrons. The van der Waals surface area contributed by atoms with Crippen LogP contribution in [0.15, 0.2) is 87.6 Å². The molecule has 0 atom stereocenters. The number of likely N-dealkylation sites (tertiary alicyclic amines) is 1. The fraction of sp³-hybridized carbons (Fsp3) is 0.258. The Kier molecular flexibility index (Phi) is 7.84. The van der Waals surface area contributed by atoms with Gasteiger partial charge in [-0.2, -0.15) is 0 Å². The smallest absolute Gasteiger partial charge is 0.336 e. The van der Waals surface area contributed by atoms with E-state index in [9.17, 15) is 13.6 Å². The minimum Gasteiger partial charge on any atom is -0.493 e. The minimum atomic E-state index is -0.407. The van der Waals surface area contributed by atoms with E-state index >= 15 is 0 Å². The van der Waals surface area contributed by atoms with Gasteiger partial charge in [-0.15, -0.1) is 0 Å². The summed E-state index contributed by atoms with van der Waals surface area (Å²) in [6.07, 6.45) is 2.61. The SMILES string of the molecule is COc1cc2oc(=O)ccc2cc1OCCCN1CCC(=C(c2ccc(F)cc2)c2ccc(F)cc2)CC1. The normalized spacial score (nSPS) is 14.0. The summed E-state index contributed by atoms with van der Waals surface area (Å²) in [5.41, 5.74) is 4.29. The lowest BCUT2D eigenvalue weighted by atomic mass is 9.88. The molecule has 1 aromatic heterocycles. The van der Waals surface area contributed by atoms with Gasteiger partial charge in [0.1, 0.15) is 17.2 Å². The first kappa shape index (κ1) is 25.7. The number of fused-ring (bicyclic) bond motifs is 1. The first-order valence-electron chi connectivity index (χ1n) is 12.7. The van der Waals surface area contributed by atoms with Crippen LogP contribution in [0.25, 0.3) is 16.5 Å². The zero-order valence-corrected chi connectivity index (χ0v) is 21.2. The van der Waals surface area contributed by atoms with Gasteiger partial charge < -0.3 is 18.8 Å². The van der Waals surface area contributed by atoms with E-state index in [1.165, 1.54) is 35.9 Å². The van der Waals surface area contributed by atoms with Crippen molar-refractivity contribution in [3.05, 3.63) is 112 Å². The maximum atomic E-state index is 13.6. The van der Waals surface area contributed by atoms with Gasteiger partial charge in [0, 0.05) is 37.2 Å². The van der Waals surface area contributed by atoms with E-state index in [0.29, 0.717) is 23.7 Å². The van der Waals surface area contributed by atoms with E-state index in [4.69, 9.17) is 13.9 Å². The molecule has 38 heavy (non-hydrogen) atoms. The molecule has 7 heteroatoms. The van der Waals surface area contributed by atoms with E-state index in [-0.39, 0.29) is 11.6 Å². The summed E-state index contributed by atoms with van der Waals surface area (Å²) in [6, 6.07) is 19.6. The molecule has 1 fully saturated rings. The summed E-state index contributed by atoms with van der Waals surface area (Å²) in [5.74, 6) is 0.582. The first-order chi connectivity index (χ1) is 18.5. The third kappa shape index (κ3) is 5.94. The second-order valence-electron chi connectivity index (χ2n) is 9.33. The molecule has 5 nitrogen and oxygen atoms in total. The van der Waals surface area contributed by atoms with E-state index in [2.05, 4.69) is 4.90 Å². The Labute approximate surface area is 219 Å². The molecule has 1 aliphatic heterocycles. The highest BCUT2D eigenvalue weighted by Crippen LogP contribution is 2.34. The number of hydrogen-bond donors (Lipinski definition) is 0. The van der Waals surface area contributed by atoms with Gasteiger partial charge in [0.25, 0.3) is 0 Å². The summed E-state index contributed by atoms with van der Waals surface area (Å²) in [4.78, 5) is 13.9. The van der Waals surface area contributed by atoms with E-state index in [1.807, 2.05) is 6.07 Å². The molecule has 0 radical (unpaired) electrons. The van der Waals surface area contributed by atoms with Crippen LogP contribution in [-0.2, 0) is 0 Å². The number of halogens is 2. The van der Waals surface area contributed by atoms with Gasteiger partial charge in [0.05, 0.1) is 13.7 Å². The fourth-order valence-electron chi connectivity index (χ4n) is 4.92. The van der Waals surface area contributed by atoms with Gasteiger partial charge in [-0.1, -0.05) is 29.8 Å². The third-order valence-corrected chi connectivity index (χ3v) is 6.86. The Morgan fingerprint density at radius 3 is 2.11 bits per heavy atom. The van der Waals surface area contributed by atoms with Gasteiger partial charge in [0.15, 0.2) is 11.5 Å². The predicted octanol–water partition coefficient (Wildman–Crippen LogP) is 6.45. The average Bonchev–Trinajstić information content (AvgIpc) is 2.93. The molecular weight excluding hydrogens is 488 g/mol. The van der Waals surface area contributed by atoms with Crippen LogP contribution in [0, 0.1) is 11.6 Å². The van der Waals surface area contributed by atoms with Crippen molar-refractivity contribution in [1.29, 1.82) is 0 Å². The zero-order valence-electron chi connectivity index (χ0n) is 21.2. The van der Waals surface area contributed by atoms with Crippen molar-refractivity contribution >= 4 is 16.5 Å². The highest BCUT2D eigenvalue weighted by atomic mass is 19.1. The number of methoxy groups -OCH3 is 1. The van der Waals surface area contributed by atoms with Crippen LogP contribution in [0.3, 0.4) is 0 Å². The number of benzene rings is 3. The van der Waals surface area contributed by atoms with Gasteiger partial charge in [-0.3, -0.25) is 0 Å². The summed E-state index contributed by atoms with van der Waals surface area (Å²) in [7, 11) is 1.56. The molecule has 1 aliphatic rings. The van der Waals surface area contributed by atoms with Crippen molar-refractivity contribution in [2.45, 2.75) is 19.3 Å². The van der Waals surface area contributed by atoms with Crippen molar-refractivity contribution in [3.63, 3.8) is 0 Å². The lowest BCUT2D eigenvalue weighted by molar-refractivity contribution is 0.220. The van der Waals surface area contributed by atoms with Crippen LogP contribution in [0.5, 0.6) is 11.5 Å². The van der Waals surface area contributed by atoms with Crippen molar-refractivity contribution in [2.24, 2.45) is 0 Å². The maximum absolute atomic E-state index is 13.6. The topological polar surface area (TPSA) is 51.9 Å². The number of ether oxygens (including phenoxy) is 2. The van der Waals surface area contributed by atoms with E-state index in [0.717, 1.165) is 61.0 Å². The predicted molar refractivity (Wildman–Crippen MR) is 144 cm³/mol. The molecule has 2 heterocycles. The fourth-order valence-corrected chi connectivity index (χ4v) is 4.92. The molecular formula is C31H29F2NO4. The summed E-state index contributed by atoms with van der Waals surface area (Å²) in [6.45, 7) is 3.22. The quantitative estimate of drug-likeness (QED) is 0.199. The summed E-state index contributed by atoms with van der Waals surface area (Å²) < 4.78 is 43.8. The van der Waals surface area contributed by atoms with Crippen LogP contribution in [-0.4, -0.2) is 38.3 Å². The van der Waals surface area contributed by atoms with E-state index < -0.39 is 5.63 Å². The van der Waals surface area contributed by atoms with Crippen LogP contribution >= 0.6 is 0 Å². The van der Waals surface area contributed by atoms with Crippen LogP contribution in [0.4, 0.5) is 8.78 Å². The zero-order chi connectivity index (χ0) is 26.5. The molecule has 4 aromatic rings. The van der Waals surface area contributed by atoms with Crippen LogP contribution < -0.4 is 15.1 Å². The maximum Gasteiger partial charge on any atom is 0.336 e. The Morgan fingerprint density at radius 2 is 1.50 bits per heavy atom.